The molecule has 0 heterocycles. The summed E-state index contributed by atoms with van der Waals surface area (Å²) in [6.45, 7) is 6.11. The van der Waals surface area contributed by atoms with E-state index in [4.69, 9.17) is 4.74 Å². The average Bonchev–Trinajstić information content (AvgIpc) is 2.79. The van der Waals surface area contributed by atoms with Crippen LogP contribution in [0.15, 0.2) is 77.7 Å². The number of benzene rings is 3. The van der Waals surface area contributed by atoms with Crippen molar-refractivity contribution in [2.75, 3.05) is 11.8 Å². The number of hydrogen-bond acceptors (Lipinski definition) is 4. The highest BCUT2D eigenvalue weighted by atomic mass is 32.2. The van der Waals surface area contributed by atoms with Gasteiger partial charge < -0.3 is 10.1 Å². The van der Waals surface area contributed by atoms with Crippen LogP contribution in [0.1, 0.15) is 47.8 Å². The van der Waals surface area contributed by atoms with Gasteiger partial charge in [0.15, 0.2) is 0 Å². The van der Waals surface area contributed by atoms with E-state index in [1.54, 1.807) is 55.6 Å². The van der Waals surface area contributed by atoms with Crippen LogP contribution in [0.5, 0.6) is 5.75 Å². The van der Waals surface area contributed by atoms with Gasteiger partial charge in [0.25, 0.3) is 15.9 Å². The van der Waals surface area contributed by atoms with Crippen molar-refractivity contribution in [3.05, 3.63) is 89.5 Å². The number of sulfonamides is 1. The number of rotatable bonds is 9. The Bertz CT molecular complexity index is 1170. The molecule has 0 aromatic heterocycles. The molecule has 1 unspecified atom stereocenters. The summed E-state index contributed by atoms with van der Waals surface area (Å²) >= 11 is 0. The van der Waals surface area contributed by atoms with Gasteiger partial charge in [-0.15, -0.1) is 0 Å². The Kier molecular flexibility index (Phi) is 7.76. The third-order valence-corrected chi connectivity index (χ3v) is 6.66. The number of aryl methyl sites for hydroxylation is 1. The number of methoxy groups -OCH3 is 1. The predicted octanol–water partition coefficient (Wildman–Crippen LogP) is 5.32. The molecule has 0 radical (unpaired) electrons. The number of anilines is 1. The van der Waals surface area contributed by atoms with E-state index in [1.165, 1.54) is 0 Å². The molecule has 0 aliphatic heterocycles. The molecule has 0 aliphatic rings. The number of amides is 1. The lowest BCUT2D eigenvalue weighted by Crippen LogP contribution is -2.29. The Morgan fingerprint density at radius 1 is 0.909 bits per heavy atom. The van der Waals surface area contributed by atoms with Crippen LogP contribution in [-0.2, 0) is 10.0 Å². The van der Waals surface area contributed by atoms with Gasteiger partial charge in [0.1, 0.15) is 5.75 Å². The molecular weight excluding hydrogens is 436 g/mol. The SMILES string of the molecule is COc1ccc(C(CC(C)C)NC(=O)c2ccc(NS(=O)(=O)c3ccc(C)cc3)cc2)cc1. The molecular formula is C26H30N2O4S. The molecule has 0 saturated heterocycles. The third-order valence-electron chi connectivity index (χ3n) is 5.26. The maximum absolute atomic E-state index is 12.9. The van der Waals surface area contributed by atoms with Gasteiger partial charge in [-0.3, -0.25) is 9.52 Å². The first-order valence-corrected chi connectivity index (χ1v) is 12.3. The fourth-order valence-electron chi connectivity index (χ4n) is 3.45. The summed E-state index contributed by atoms with van der Waals surface area (Å²) in [6, 6.07) is 20.5. The van der Waals surface area contributed by atoms with Crippen molar-refractivity contribution < 1.29 is 17.9 Å². The lowest BCUT2D eigenvalue weighted by atomic mass is 9.96. The van der Waals surface area contributed by atoms with Gasteiger partial charge in [0, 0.05) is 11.3 Å². The molecule has 0 fully saturated rings. The van der Waals surface area contributed by atoms with Crippen LogP contribution >= 0.6 is 0 Å². The normalized spacial score (nSPS) is 12.3. The molecule has 3 aromatic rings. The van der Waals surface area contributed by atoms with Crippen LogP contribution in [0.4, 0.5) is 5.69 Å². The van der Waals surface area contributed by atoms with Crippen LogP contribution in [0, 0.1) is 12.8 Å². The fraction of sp³-hybridized carbons (Fsp3) is 0.269. The Balaban J connectivity index is 1.71. The van der Waals surface area contributed by atoms with E-state index in [0.29, 0.717) is 17.2 Å². The lowest BCUT2D eigenvalue weighted by Gasteiger charge is -2.21. The number of carbonyl (C=O) groups excluding carboxylic acids is 1. The second-order valence-electron chi connectivity index (χ2n) is 8.42. The summed E-state index contributed by atoms with van der Waals surface area (Å²) < 4.78 is 32.9. The first-order valence-electron chi connectivity index (χ1n) is 10.8. The number of nitrogens with one attached hydrogen (secondary N) is 2. The minimum atomic E-state index is -3.70. The van der Waals surface area contributed by atoms with E-state index in [1.807, 2.05) is 31.2 Å². The van der Waals surface area contributed by atoms with Crippen LogP contribution in [0.2, 0.25) is 0 Å². The molecule has 3 rings (SSSR count). The summed E-state index contributed by atoms with van der Waals surface area (Å²) in [4.78, 5) is 13.1. The first-order chi connectivity index (χ1) is 15.7. The largest absolute Gasteiger partial charge is 0.497 e. The quantitative estimate of drug-likeness (QED) is 0.447. The Hall–Kier alpha value is -3.32. The van der Waals surface area contributed by atoms with E-state index >= 15 is 0 Å². The molecule has 1 atom stereocenters. The molecule has 2 N–H and O–H groups in total. The molecule has 3 aromatic carbocycles. The zero-order valence-corrected chi connectivity index (χ0v) is 20.1. The van der Waals surface area contributed by atoms with Crippen molar-refractivity contribution in [1.29, 1.82) is 0 Å². The van der Waals surface area contributed by atoms with E-state index in [-0.39, 0.29) is 16.8 Å². The van der Waals surface area contributed by atoms with Crippen LogP contribution in [0.25, 0.3) is 0 Å². The molecule has 1 amide bonds. The molecule has 7 heteroatoms. The summed E-state index contributed by atoms with van der Waals surface area (Å²) in [5.41, 5.74) is 2.83. The summed E-state index contributed by atoms with van der Waals surface area (Å²) in [5.74, 6) is 0.928. The minimum Gasteiger partial charge on any atom is -0.497 e. The Morgan fingerprint density at radius 2 is 1.52 bits per heavy atom. The highest BCUT2D eigenvalue weighted by Gasteiger charge is 2.18. The van der Waals surface area contributed by atoms with Crippen molar-refractivity contribution in [2.45, 2.75) is 38.1 Å². The van der Waals surface area contributed by atoms with Gasteiger partial charge in [-0.2, -0.15) is 0 Å². The minimum absolute atomic E-state index is 0.150. The summed E-state index contributed by atoms with van der Waals surface area (Å²) in [5, 5.41) is 3.10. The second-order valence-corrected chi connectivity index (χ2v) is 10.1. The van der Waals surface area contributed by atoms with Gasteiger partial charge >= 0.3 is 0 Å². The van der Waals surface area contributed by atoms with E-state index in [9.17, 15) is 13.2 Å². The van der Waals surface area contributed by atoms with Crippen molar-refractivity contribution in [3.63, 3.8) is 0 Å². The van der Waals surface area contributed by atoms with Gasteiger partial charge in [0.05, 0.1) is 18.0 Å². The highest BCUT2D eigenvalue weighted by Crippen LogP contribution is 2.24. The van der Waals surface area contributed by atoms with Crippen molar-refractivity contribution in [3.8, 4) is 5.75 Å². The predicted molar refractivity (Wildman–Crippen MR) is 131 cm³/mol. The van der Waals surface area contributed by atoms with Gasteiger partial charge in [-0.1, -0.05) is 43.7 Å². The van der Waals surface area contributed by atoms with Gasteiger partial charge in [-0.25, -0.2) is 8.42 Å². The number of hydrogen-bond donors (Lipinski definition) is 2. The van der Waals surface area contributed by atoms with E-state index in [0.717, 1.165) is 23.3 Å². The van der Waals surface area contributed by atoms with Crippen LogP contribution in [-0.4, -0.2) is 21.4 Å². The lowest BCUT2D eigenvalue weighted by molar-refractivity contribution is 0.0932. The third kappa shape index (κ3) is 6.58. The van der Waals surface area contributed by atoms with Crippen LogP contribution < -0.4 is 14.8 Å². The van der Waals surface area contributed by atoms with Gasteiger partial charge in [0.2, 0.25) is 0 Å². The Morgan fingerprint density at radius 3 is 2.06 bits per heavy atom. The molecule has 0 saturated carbocycles. The maximum atomic E-state index is 12.9. The average molecular weight is 467 g/mol. The van der Waals surface area contributed by atoms with Crippen molar-refractivity contribution in [2.24, 2.45) is 5.92 Å². The van der Waals surface area contributed by atoms with Gasteiger partial charge in [-0.05, 0) is 73.4 Å². The maximum Gasteiger partial charge on any atom is 0.261 e. The monoisotopic (exact) mass is 466 g/mol. The Labute approximate surface area is 196 Å². The standard InChI is InChI=1S/C26H30N2O4S/c1-18(2)17-25(20-9-13-23(32-4)14-10-20)27-26(29)21-7-11-22(12-8-21)28-33(30,31)24-15-5-19(3)6-16-24/h5-16,18,25,28H,17H2,1-4H3,(H,27,29). The van der Waals surface area contributed by atoms with Crippen molar-refractivity contribution in [1.82, 2.24) is 5.32 Å². The number of ether oxygens (including phenoxy) is 1. The molecule has 0 spiro atoms. The van der Waals surface area contributed by atoms with Crippen molar-refractivity contribution >= 4 is 21.6 Å². The first kappa shape index (κ1) is 24.3. The fourth-order valence-corrected chi connectivity index (χ4v) is 4.51. The molecule has 0 aliphatic carbocycles. The zero-order valence-electron chi connectivity index (χ0n) is 19.3. The highest BCUT2D eigenvalue weighted by molar-refractivity contribution is 7.92. The zero-order chi connectivity index (χ0) is 24.0. The summed E-state index contributed by atoms with van der Waals surface area (Å²) in [7, 11) is -2.08. The summed E-state index contributed by atoms with van der Waals surface area (Å²) in [6.07, 6.45) is 0.784. The number of carbonyl (C=O) groups is 1. The molecule has 6 nitrogen and oxygen atoms in total. The smallest absolute Gasteiger partial charge is 0.261 e. The molecule has 0 bridgehead atoms. The topological polar surface area (TPSA) is 84.5 Å². The molecule has 33 heavy (non-hydrogen) atoms. The second kappa shape index (κ2) is 10.5. The van der Waals surface area contributed by atoms with Crippen LogP contribution in [0.3, 0.4) is 0 Å². The van der Waals surface area contributed by atoms with E-state index < -0.39 is 10.0 Å². The van der Waals surface area contributed by atoms with E-state index in [2.05, 4.69) is 23.9 Å². The molecule has 174 valence electrons.